The second-order valence-electron chi connectivity index (χ2n) is 9.91. The Morgan fingerprint density at radius 1 is 0.917 bits per heavy atom. The summed E-state index contributed by atoms with van der Waals surface area (Å²) in [5.74, 6) is 3.79. The third kappa shape index (κ3) is 2.10. The number of esters is 1. The number of hydrogen-bond donors (Lipinski definition) is 1. The number of hydrogen-bond acceptors (Lipinski definition) is 3. The lowest BCUT2D eigenvalue weighted by Crippen LogP contribution is -2.47. The van der Waals surface area contributed by atoms with Crippen LogP contribution in [-0.2, 0) is 14.3 Å². The van der Waals surface area contributed by atoms with Crippen LogP contribution in [0.25, 0.3) is 0 Å². The Morgan fingerprint density at radius 2 is 1.54 bits per heavy atom. The molecule has 0 amide bonds. The summed E-state index contributed by atoms with van der Waals surface area (Å²) in [4.78, 5) is 23.8. The average molecular weight is 334 g/mol. The molecule has 4 bridgehead atoms. The number of carboxylic acids is 1. The van der Waals surface area contributed by atoms with Crippen LogP contribution in [0.4, 0.5) is 0 Å². The molecule has 4 nitrogen and oxygen atoms in total. The van der Waals surface area contributed by atoms with E-state index in [9.17, 15) is 14.7 Å². The molecule has 0 spiro atoms. The molecule has 0 saturated heterocycles. The summed E-state index contributed by atoms with van der Waals surface area (Å²) in [6, 6.07) is 0. The molecule has 24 heavy (non-hydrogen) atoms. The van der Waals surface area contributed by atoms with Crippen molar-refractivity contribution in [2.24, 2.45) is 46.8 Å². The quantitative estimate of drug-likeness (QED) is 0.483. The van der Waals surface area contributed by atoms with Crippen LogP contribution in [0.15, 0.2) is 0 Å². The minimum Gasteiger partial charge on any atom is -0.480 e. The normalized spacial score (nSPS) is 43.1. The summed E-state index contributed by atoms with van der Waals surface area (Å²) in [7, 11) is 0. The average Bonchev–Trinajstić information content (AvgIpc) is 3.24. The van der Waals surface area contributed by atoms with E-state index in [1.807, 2.05) is 13.8 Å². The van der Waals surface area contributed by atoms with E-state index in [2.05, 4.69) is 0 Å². The van der Waals surface area contributed by atoms with Crippen molar-refractivity contribution in [3.8, 4) is 0 Å². The topological polar surface area (TPSA) is 63.6 Å². The summed E-state index contributed by atoms with van der Waals surface area (Å²) in [5.41, 5.74) is -2.06. The monoisotopic (exact) mass is 334 g/mol. The van der Waals surface area contributed by atoms with Crippen LogP contribution >= 0.6 is 0 Å². The van der Waals surface area contributed by atoms with Crippen molar-refractivity contribution in [2.75, 3.05) is 0 Å². The molecule has 4 heteroatoms. The molecule has 0 heterocycles. The third-order valence-corrected chi connectivity index (χ3v) is 8.03. The second-order valence-corrected chi connectivity index (χ2v) is 9.91. The van der Waals surface area contributed by atoms with Gasteiger partial charge in [0, 0.05) is 5.92 Å². The van der Waals surface area contributed by atoms with Crippen molar-refractivity contribution in [3.63, 3.8) is 0 Å². The van der Waals surface area contributed by atoms with Crippen molar-refractivity contribution in [1.82, 2.24) is 0 Å². The number of ether oxygens (including phenoxy) is 1. The van der Waals surface area contributed by atoms with E-state index < -0.39 is 23.0 Å². The summed E-state index contributed by atoms with van der Waals surface area (Å²) in [6.07, 6.45) is 6.72. The van der Waals surface area contributed by atoms with Crippen molar-refractivity contribution in [1.29, 1.82) is 0 Å². The molecule has 0 aromatic heterocycles. The fourth-order valence-electron chi connectivity index (χ4n) is 6.89. The highest BCUT2D eigenvalue weighted by Gasteiger charge is 2.64. The van der Waals surface area contributed by atoms with Gasteiger partial charge in [0.2, 0.25) is 0 Å². The highest BCUT2D eigenvalue weighted by molar-refractivity contribution is 5.98. The Labute approximate surface area is 144 Å². The van der Waals surface area contributed by atoms with Crippen molar-refractivity contribution < 1.29 is 19.4 Å². The molecule has 0 aromatic rings. The summed E-state index contributed by atoms with van der Waals surface area (Å²) < 4.78 is 5.81. The molecule has 4 aliphatic carbocycles. The van der Waals surface area contributed by atoms with Gasteiger partial charge in [0.05, 0.1) is 0 Å². The molecule has 4 saturated carbocycles. The van der Waals surface area contributed by atoms with Crippen LogP contribution in [0.5, 0.6) is 0 Å². The molecular formula is C20H30O4. The fraction of sp³-hybridized carbons (Fsp3) is 0.900. The van der Waals surface area contributed by atoms with Crippen LogP contribution in [0.3, 0.4) is 0 Å². The smallest absolute Gasteiger partial charge is 0.323 e. The number of carbonyl (C=O) groups is 2. The van der Waals surface area contributed by atoms with Crippen molar-refractivity contribution in [2.45, 2.75) is 65.4 Å². The van der Waals surface area contributed by atoms with E-state index >= 15 is 0 Å². The van der Waals surface area contributed by atoms with E-state index in [0.717, 1.165) is 36.0 Å². The largest absolute Gasteiger partial charge is 0.480 e. The maximum absolute atomic E-state index is 12.4. The second kappa shape index (κ2) is 4.98. The SMILES string of the molecule is CC(C)(C(=O)O)C(=O)OC(C)(C)C1CC2CC1C1C3CCC(C3)C21. The first-order chi connectivity index (χ1) is 11.1. The minimum absolute atomic E-state index is 0.386. The molecule has 4 fully saturated rings. The van der Waals surface area contributed by atoms with E-state index in [1.165, 1.54) is 39.5 Å². The lowest BCUT2D eigenvalue weighted by molar-refractivity contribution is -0.182. The van der Waals surface area contributed by atoms with Gasteiger partial charge in [0.1, 0.15) is 5.60 Å². The lowest BCUT2D eigenvalue weighted by atomic mass is 9.64. The highest BCUT2D eigenvalue weighted by atomic mass is 16.6. The maximum atomic E-state index is 12.4. The van der Waals surface area contributed by atoms with Gasteiger partial charge in [-0.1, -0.05) is 0 Å². The zero-order chi connectivity index (χ0) is 17.4. The highest BCUT2D eigenvalue weighted by Crippen LogP contribution is 2.70. The molecule has 7 unspecified atom stereocenters. The standard InChI is InChI=1S/C20H30O4/c1-19(2,17(21)22)18(23)24-20(3,4)14-9-12-8-13(14)16-11-6-5-10(7-11)15(12)16/h10-16H,5-9H2,1-4H3,(H,21,22). The summed E-state index contributed by atoms with van der Waals surface area (Å²) in [5, 5.41) is 9.27. The fourth-order valence-corrected chi connectivity index (χ4v) is 6.89. The van der Waals surface area contributed by atoms with Crippen LogP contribution in [0.1, 0.15) is 59.8 Å². The Hall–Kier alpha value is -1.06. The number of carboxylic acid groups (broad SMARTS) is 1. The van der Waals surface area contributed by atoms with Gasteiger partial charge >= 0.3 is 11.9 Å². The Kier molecular flexibility index (Phi) is 3.41. The third-order valence-electron chi connectivity index (χ3n) is 8.03. The maximum Gasteiger partial charge on any atom is 0.323 e. The van der Waals surface area contributed by atoms with Crippen molar-refractivity contribution in [3.05, 3.63) is 0 Å². The van der Waals surface area contributed by atoms with Crippen LogP contribution in [-0.4, -0.2) is 22.6 Å². The van der Waals surface area contributed by atoms with E-state index in [-0.39, 0.29) is 0 Å². The molecule has 0 aliphatic heterocycles. The Bertz CT molecular complexity index is 578. The number of carbonyl (C=O) groups excluding carboxylic acids is 1. The van der Waals surface area contributed by atoms with E-state index in [4.69, 9.17) is 4.74 Å². The lowest BCUT2D eigenvalue weighted by Gasteiger charge is -2.44. The Balaban J connectivity index is 1.50. The first kappa shape index (κ1) is 16.4. The summed E-state index contributed by atoms with van der Waals surface area (Å²) >= 11 is 0. The minimum atomic E-state index is -1.48. The van der Waals surface area contributed by atoms with Crippen LogP contribution in [0.2, 0.25) is 0 Å². The Morgan fingerprint density at radius 3 is 2.17 bits per heavy atom. The van der Waals surface area contributed by atoms with Gasteiger partial charge in [-0.05, 0) is 95.3 Å². The predicted octanol–water partition coefficient (Wildman–Crippen LogP) is 3.74. The molecule has 0 radical (unpaired) electrons. The zero-order valence-corrected chi connectivity index (χ0v) is 15.2. The molecule has 4 aliphatic rings. The number of fused-ring (bicyclic) bond motifs is 9. The summed E-state index contributed by atoms with van der Waals surface area (Å²) in [6.45, 7) is 6.85. The molecule has 0 aromatic carbocycles. The van der Waals surface area contributed by atoms with Gasteiger partial charge in [-0.15, -0.1) is 0 Å². The van der Waals surface area contributed by atoms with Gasteiger partial charge < -0.3 is 9.84 Å². The van der Waals surface area contributed by atoms with Crippen LogP contribution < -0.4 is 0 Å². The zero-order valence-electron chi connectivity index (χ0n) is 15.2. The van der Waals surface area contributed by atoms with Gasteiger partial charge in [-0.2, -0.15) is 0 Å². The van der Waals surface area contributed by atoms with E-state index in [0.29, 0.717) is 11.8 Å². The molecule has 1 N–H and O–H groups in total. The van der Waals surface area contributed by atoms with Gasteiger partial charge in [-0.25, -0.2) is 0 Å². The van der Waals surface area contributed by atoms with Gasteiger partial charge in [-0.3, -0.25) is 9.59 Å². The first-order valence-electron chi connectivity index (χ1n) is 9.59. The number of rotatable bonds is 4. The molecular weight excluding hydrogens is 304 g/mol. The predicted molar refractivity (Wildman–Crippen MR) is 89.1 cm³/mol. The molecule has 4 rings (SSSR count). The number of aliphatic carboxylic acids is 1. The van der Waals surface area contributed by atoms with Crippen LogP contribution in [0, 0.1) is 46.8 Å². The van der Waals surface area contributed by atoms with Crippen molar-refractivity contribution >= 4 is 11.9 Å². The molecule has 134 valence electrons. The molecule has 7 atom stereocenters. The van der Waals surface area contributed by atoms with Gasteiger partial charge in [0.25, 0.3) is 0 Å². The van der Waals surface area contributed by atoms with E-state index in [1.54, 1.807) is 0 Å². The first-order valence-corrected chi connectivity index (χ1v) is 9.59. The van der Waals surface area contributed by atoms with Gasteiger partial charge in [0.15, 0.2) is 5.41 Å².